The molecule has 3 aromatic rings. The van der Waals surface area contributed by atoms with Crippen molar-refractivity contribution in [1.82, 2.24) is 14.8 Å². The fourth-order valence-electron chi connectivity index (χ4n) is 4.04. The maximum atomic E-state index is 14.3. The molecule has 2 atom stereocenters. The zero-order valence-corrected chi connectivity index (χ0v) is 19.1. The first kappa shape index (κ1) is 22.4. The molecule has 0 spiro atoms. The van der Waals surface area contributed by atoms with Crippen LogP contribution in [0, 0.1) is 12.7 Å². The van der Waals surface area contributed by atoms with Crippen molar-refractivity contribution < 1.29 is 22.3 Å². The minimum Gasteiger partial charge on any atom is -0.495 e. The zero-order valence-electron chi connectivity index (χ0n) is 18.3. The molecule has 0 radical (unpaired) electrons. The zero-order chi connectivity index (χ0) is 22.9. The predicted octanol–water partition coefficient (Wildman–Crippen LogP) is 4.25. The lowest BCUT2D eigenvalue weighted by atomic mass is 10.1. The number of ether oxygens (including phenoxy) is 2. The third-order valence-electron chi connectivity index (χ3n) is 5.83. The minimum atomic E-state index is -3.81. The summed E-state index contributed by atoms with van der Waals surface area (Å²) in [5, 5.41) is 7.52. The summed E-state index contributed by atoms with van der Waals surface area (Å²) in [6.45, 7) is 4.02. The molecule has 0 saturated carbocycles. The maximum Gasteiger partial charge on any atom is 0.167 e. The van der Waals surface area contributed by atoms with Crippen molar-refractivity contribution in [3.8, 4) is 11.4 Å². The highest BCUT2D eigenvalue weighted by atomic mass is 32.2. The number of benzene rings is 2. The average Bonchev–Trinajstić information content (AvgIpc) is 3.43. The first-order chi connectivity index (χ1) is 15.3. The molecule has 7 nitrogen and oxygen atoms in total. The number of hydrogen-bond acceptors (Lipinski definition) is 6. The Balaban J connectivity index is 1.81. The van der Waals surface area contributed by atoms with Crippen LogP contribution in [-0.2, 0) is 20.3 Å². The van der Waals surface area contributed by atoms with E-state index >= 15 is 0 Å². The second-order valence-corrected chi connectivity index (χ2v) is 10.2. The first-order valence-electron chi connectivity index (χ1n) is 10.5. The summed E-state index contributed by atoms with van der Waals surface area (Å²) in [6, 6.07) is 11.5. The molecule has 1 aliphatic heterocycles. The van der Waals surface area contributed by atoms with Gasteiger partial charge in [-0.15, -0.1) is 10.2 Å². The summed E-state index contributed by atoms with van der Waals surface area (Å²) in [7, 11) is -2.25. The van der Waals surface area contributed by atoms with Gasteiger partial charge in [0.2, 0.25) is 0 Å². The van der Waals surface area contributed by atoms with Crippen LogP contribution in [-0.4, -0.2) is 36.9 Å². The highest BCUT2D eigenvalue weighted by Gasteiger charge is 2.32. The van der Waals surface area contributed by atoms with Crippen LogP contribution in [0.25, 0.3) is 5.69 Å². The normalized spacial score (nSPS) is 17.4. The van der Waals surface area contributed by atoms with Crippen molar-refractivity contribution in [2.24, 2.45) is 0 Å². The van der Waals surface area contributed by atoms with Crippen LogP contribution in [0.4, 0.5) is 4.39 Å². The maximum absolute atomic E-state index is 14.3. The lowest BCUT2D eigenvalue weighted by Crippen LogP contribution is -2.18. The molecule has 170 valence electrons. The van der Waals surface area contributed by atoms with Gasteiger partial charge >= 0.3 is 0 Å². The van der Waals surface area contributed by atoms with Gasteiger partial charge in [0.15, 0.2) is 21.5 Å². The van der Waals surface area contributed by atoms with Gasteiger partial charge in [0.25, 0.3) is 0 Å². The average molecular weight is 460 g/mol. The van der Waals surface area contributed by atoms with Crippen LogP contribution >= 0.6 is 0 Å². The Morgan fingerprint density at radius 2 is 2.00 bits per heavy atom. The van der Waals surface area contributed by atoms with Crippen molar-refractivity contribution in [2.75, 3.05) is 13.7 Å². The quantitative estimate of drug-likeness (QED) is 0.525. The number of para-hydroxylation sites is 1. The molecule has 2 aromatic carbocycles. The third-order valence-corrected chi connectivity index (χ3v) is 7.82. The number of hydrogen-bond donors (Lipinski definition) is 0. The summed E-state index contributed by atoms with van der Waals surface area (Å²) < 4.78 is 54.0. The topological polar surface area (TPSA) is 83.3 Å². The Bertz CT molecular complexity index is 1220. The van der Waals surface area contributed by atoms with Gasteiger partial charge in [0.1, 0.15) is 23.4 Å². The molecule has 1 fully saturated rings. The Hall–Kier alpha value is -2.78. The van der Waals surface area contributed by atoms with Crippen molar-refractivity contribution >= 4 is 9.84 Å². The van der Waals surface area contributed by atoms with E-state index in [1.807, 2.05) is 25.1 Å². The second-order valence-electron chi connectivity index (χ2n) is 7.91. The SMILES string of the molecule is COc1cccc(C)c1-n1c(CS(=O)(=O)[C@H](C)c2ccccc2F)nnc1[C@H]1CCCO1. The molecular weight excluding hydrogens is 433 g/mol. The number of sulfone groups is 1. The van der Waals surface area contributed by atoms with Crippen LogP contribution in [0.5, 0.6) is 5.75 Å². The van der Waals surface area contributed by atoms with Crippen molar-refractivity contribution in [3.05, 3.63) is 71.1 Å². The molecule has 0 N–H and O–H groups in total. The molecule has 0 aliphatic carbocycles. The van der Waals surface area contributed by atoms with Crippen molar-refractivity contribution in [2.45, 2.75) is 43.8 Å². The number of methoxy groups -OCH3 is 1. The van der Waals surface area contributed by atoms with E-state index in [9.17, 15) is 12.8 Å². The van der Waals surface area contributed by atoms with Crippen LogP contribution in [0.15, 0.2) is 42.5 Å². The van der Waals surface area contributed by atoms with Gasteiger partial charge in [-0.3, -0.25) is 4.57 Å². The molecule has 1 aromatic heterocycles. The third kappa shape index (κ3) is 4.14. The number of nitrogens with zero attached hydrogens (tertiary/aromatic N) is 3. The Morgan fingerprint density at radius 3 is 2.69 bits per heavy atom. The van der Waals surface area contributed by atoms with Gasteiger partial charge in [-0.25, -0.2) is 12.8 Å². The molecule has 4 rings (SSSR count). The number of aromatic nitrogens is 3. The number of halogens is 1. The molecule has 0 amide bonds. The molecule has 2 heterocycles. The van der Waals surface area contributed by atoms with E-state index in [0.29, 0.717) is 23.9 Å². The van der Waals surface area contributed by atoms with E-state index in [1.54, 1.807) is 17.7 Å². The van der Waals surface area contributed by atoms with Crippen molar-refractivity contribution in [1.29, 1.82) is 0 Å². The monoisotopic (exact) mass is 459 g/mol. The second kappa shape index (κ2) is 8.99. The number of aryl methyl sites for hydroxylation is 1. The van der Waals surface area contributed by atoms with Gasteiger partial charge in [0, 0.05) is 12.2 Å². The van der Waals surface area contributed by atoms with Crippen LogP contribution in [0.2, 0.25) is 0 Å². The fourth-order valence-corrected chi connectivity index (χ4v) is 5.42. The Morgan fingerprint density at radius 1 is 1.22 bits per heavy atom. The molecule has 1 saturated heterocycles. The molecule has 1 aliphatic rings. The largest absolute Gasteiger partial charge is 0.495 e. The molecule has 0 unspecified atom stereocenters. The summed E-state index contributed by atoms with van der Waals surface area (Å²) in [5.41, 5.74) is 1.69. The molecule has 9 heteroatoms. The van der Waals surface area contributed by atoms with Gasteiger partial charge in [-0.05, 0) is 44.4 Å². The van der Waals surface area contributed by atoms with Crippen LogP contribution in [0.3, 0.4) is 0 Å². The van der Waals surface area contributed by atoms with E-state index in [-0.39, 0.29) is 17.5 Å². The predicted molar refractivity (Wildman–Crippen MR) is 118 cm³/mol. The summed E-state index contributed by atoms with van der Waals surface area (Å²) >= 11 is 0. The smallest absolute Gasteiger partial charge is 0.167 e. The molecular formula is C23H26FN3O4S. The van der Waals surface area contributed by atoms with E-state index in [1.165, 1.54) is 25.1 Å². The summed E-state index contributed by atoms with van der Waals surface area (Å²) in [6.07, 6.45) is 1.37. The van der Waals surface area contributed by atoms with Crippen LogP contribution in [0.1, 0.15) is 53.9 Å². The lowest BCUT2D eigenvalue weighted by molar-refractivity contribution is 0.103. The molecule has 0 bridgehead atoms. The van der Waals surface area contributed by atoms with E-state index in [2.05, 4.69) is 10.2 Å². The van der Waals surface area contributed by atoms with Gasteiger partial charge in [0.05, 0.1) is 18.0 Å². The Kier molecular flexibility index (Phi) is 6.30. The highest BCUT2D eigenvalue weighted by Crippen LogP contribution is 2.35. The van der Waals surface area contributed by atoms with Crippen molar-refractivity contribution in [3.63, 3.8) is 0 Å². The van der Waals surface area contributed by atoms with E-state index in [0.717, 1.165) is 18.4 Å². The van der Waals surface area contributed by atoms with Crippen LogP contribution < -0.4 is 4.74 Å². The van der Waals surface area contributed by atoms with Gasteiger partial charge in [-0.2, -0.15) is 0 Å². The molecule has 32 heavy (non-hydrogen) atoms. The number of rotatable bonds is 7. The van der Waals surface area contributed by atoms with E-state index < -0.39 is 26.7 Å². The standard InChI is InChI=1S/C23H26FN3O4S/c1-15-8-6-11-19(30-3)22(15)27-21(25-26-23(27)20-12-7-13-31-20)14-32(28,29)16(2)17-9-4-5-10-18(17)24/h4-6,8-11,16,20H,7,12-14H2,1-3H3/t16-,20-/m1/s1. The van der Waals surface area contributed by atoms with E-state index in [4.69, 9.17) is 9.47 Å². The first-order valence-corrected chi connectivity index (χ1v) is 12.2. The van der Waals surface area contributed by atoms with Gasteiger partial charge < -0.3 is 9.47 Å². The highest BCUT2D eigenvalue weighted by molar-refractivity contribution is 7.90. The minimum absolute atomic E-state index is 0.131. The lowest BCUT2D eigenvalue weighted by Gasteiger charge is -2.19. The summed E-state index contributed by atoms with van der Waals surface area (Å²) in [4.78, 5) is 0. The summed E-state index contributed by atoms with van der Waals surface area (Å²) in [5.74, 6) is 0.403. The fraction of sp³-hybridized carbons (Fsp3) is 0.391. The Labute approximate surface area is 187 Å². The van der Waals surface area contributed by atoms with Gasteiger partial charge in [-0.1, -0.05) is 30.3 Å².